The van der Waals surface area contributed by atoms with Gasteiger partial charge in [-0.15, -0.1) is 11.3 Å². The molecule has 0 aliphatic heterocycles. The third-order valence-corrected chi connectivity index (χ3v) is 3.96. The van der Waals surface area contributed by atoms with E-state index in [4.69, 9.17) is 0 Å². The van der Waals surface area contributed by atoms with Gasteiger partial charge in [0.1, 0.15) is 0 Å². The Morgan fingerprint density at radius 3 is 2.75 bits per heavy atom. The van der Waals surface area contributed by atoms with Gasteiger partial charge in [-0.3, -0.25) is 9.59 Å². The molecule has 0 aliphatic carbocycles. The molecule has 1 aromatic carbocycles. The minimum atomic E-state index is -0.306. The number of halogens is 1. The molecule has 0 saturated heterocycles. The Balaban J connectivity index is 1.87. The second-order valence-corrected chi connectivity index (χ2v) is 5.72. The normalized spacial score (nSPS) is 10.1. The molecule has 2 N–H and O–H groups in total. The predicted molar refractivity (Wildman–Crippen MR) is 82.0 cm³/mol. The van der Waals surface area contributed by atoms with Crippen LogP contribution in [-0.2, 0) is 4.79 Å². The van der Waals surface area contributed by atoms with E-state index in [1.807, 2.05) is 18.4 Å². The van der Waals surface area contributed by atoms with Gasteiger partial charge in [0.25, 0.3) is 5.91 Å². The number of rotatable bonds is 4. The first kappa shape index (κ1) is 14.7. The highest BCUT2D eigenvalue weighted by Crippen LogP contribution is 2.16. The van der Waals surface area contributed by atoms with Gasteiger partial charge in [-0.05, 0) is 35.0 Å². The lowest BCUT2D eigenvalue weighted by Gasteiger charge is -2.06. The Bertz CT molecular complexity index is 642. The Labute approximate surface area is 128 Å². The van der Waals surface area contributed by atoms with E-state index in [-0.39, 0.29) is 18.4 Å². The van der Waals surface area contributed by atoms with Gasteiger partial charge in [0, 0.05) is 9.85 Å². The van der Waals surface area contributed by atoms with Gasteiger partial charge in [-0.2, -0.15) is 0 Å². The lowest BCUT2D eigenvalue weighted by molar-refractivity contribution is -0.115. The Morgan fingerprint density at radius 1 is 1.35 bits per heavy atom. The van der Waals surface area contributed by atoms with Gasteiger partial charge >= 0.3 is 0 Å². The number of amides is 2. The lowest BCUT2D eigenvalue weighted by atomic mass is 10.2. The van der Waals surface area contributed by atoms with Crippen LogP contribution in [0.4, 0.5) is 5.13 Å². The minimum Gasteiger partial charge on any atom is -0.343 e. The number of nitrogens with zero attached hydrogens (tertiary/aromatic N) is 1. The molecule has 2 rings (SSSR count). The summed E-state index contributed by atoms with van der Waals surface area (Å²) in [5.41, 5.74) is 1.34. The summed E-state index contributed by atoms with van der Waals surface area (Å²) >= 11 is 4.64. The number of aromatic nitrogens is 1. The van der Waals surface area contributed by atoms with Crippen LogP contribution in [0, 0.1) is 6.92 Å². The van der Waals surface area contributed by atoms with Crippen molar-refractivity contribution in [3.8, 4) is 0 Å². The third-order valence-electron chi connectivity index (χ3n) is 2.39. The summed E-state index contributed by atoms with van der Waals surface area (Å²) in [5.74, 6) is -0.609. The van der Waals surface area contributed by atoms with Crippen molar-refractivity contribution in [2.24, 2.45) is 0 Å². The number of carbonyl (C=O) groups is 2. The molecule has 0 saturated carbocycles. The molecule has 20 heavy (non-hydrogen) atoms. The minimum absolute atomic E-state index is 0.0984. The van der Waals surface area contributed by atoms with Gasteiger partial charge in [-0.25, -0.2) is 4.98 Å². The fraction of sp³-hybridized carbons (Fsp3) is 0.154. The van der Waals surface area contributed by atoms with Crippen LogP contribution in [0.25, 0.3) is 0 Å². The zero-order valence-corrected chi connectivity index (χ0v) is 13.0. The van der Waals surface area contributed by atoms with Crippen molar-refractivity contribution in [1.82, 2.24) is 10.3 Å². The molecule has 0 aliphatic rings. The number of hydrogen-bond donors (Lipinski definition) is 2. The monoisotopic (exact) mass is 353 g/mol. The number of aryl methyl sites for hydroxylation is 1. The molecule has 7 heteroatoms. The molecule has 2 aromatic rings. The second-order valence-electron chi connectivity index (χ2n) is 4.00. The molecular weight excluding hydrogens is 342 g/mol. The fourth-order valence-electron chi connectivity index (χ4n) is 1.48. The van der Waals surface area contributed by atoms with E-state index >= 15 is 0 Å². The maximum Gasteiger partial charge on any atom is 0.252 e. The first-order chi connectivity index (χ1) is 9.56. The second kappa shape index (κ2) is 6.62. The number of hydrogen-bond acceptors (Lipinski definition) is 4. The lowest BCUT2D eigenvalue weighted by Crippen LogP contribution is -2.33. The van der Waals surface area contributed by atoms with Crippen LogP contribution in [0.2, 0.25) is 0 Å². The van der Waals surface area contributed by atoms with Crippen molar-refractivity contribution in [3.05, 3.63) is 45.4 Å². The molecule has 0 unspecified atom stereocenters. The maximum absolute atomic E-state index is 11.9. The average Bonchev–Trinajstić information content (AvgIpc) is 2.82. The highest BCUT2D eigenvalue weighted by Gasteiger charge is 2.11. The third kappa shape index (κ3) is 3.88. The van der Waals surface area contributed by atoms with E-state index in [1.165, 1.54) is 11.3 Å². The first-order valence-electron chi connectivity index (χ1n) is 5.81. The molecule has 0 fully saturated rings. The van der Waals surface area contributed by atoms with Gasteiger partial charge < -0.3 is 10.6 Å². The summed E-state index contributed by atoms with van der Waals surface area (Å²) in [6, 6.07) is 7.03. The molecule has 1 heterocycles. The number of carbonyl (C=O) groups excluding carboxylic acids is 2. The quantitative estimate of drug-likeness (QED) is 0.887. The van der Waals surface area contributed by atoms with Crippen molar-refractivity contribution >= 4 is 44.2 Å². The van der Waals surface area contributed by atoms with Crippen LogP contribution >= 0.6 is 27.3 Å². The Hall–Kier alpha value is -1.73. The smallest absolute Gasteiger partial charge is 0.252 e. The van der Waals surface area contributed by atoms with Crippen LogP contribution in [0.5, 0.6) is 0 Å². The van der Waals surface area contributed by atoms with Crippen molar-refractivity contribution in [2.75, 3.05) is 11.9 Å². The zero-order chi connectivity index (χ0) is 14.5. The van der Waals surface area contributed by atoms with Crippen molar-refractivity contribution in [1.29, 1.82) is 0 Å². The van der Waals surface area contributed by atoms with E-state index in [2.05, 4.69) is 31.5 Å². The van der Waals surface area contributed by atoms with Gasteiger partial charge in [-0.1, -0.05) is 12.1 Å². The molecule has 1 aromatic heterocycles. The van der Waals surface area contributed by atoms with Crippen LogP contribution in [-0.4, -0.2) is 23.3 Å². The van der Waals surface area contributed by atoms with E-state index < -0.39 is 0 Å². The average molecular weight is 354 g/mol. The van der Waals surface area contributed by atoms with Crippen LogP contribution in [0.3, 0.4) is 0 Å². The predicted octanol–water partition coefficient (Wildman–Crippen LogP) is 2.58. The van der Waals surface area contributed by atoms with Crippen molar-refractivity contribution in [2.45, 2.75) is 6.92 Å². The van der Waals surface area contributed by atoms with E-state index in [0.29, 0.717) is 15.2 Å². The molecule has 5 nitrogen and oxygen atoms in total. The Morgan fingerprint density at radius 2 is 2.10 bits per heavy atom. The molecular formula is C13H12BrN3O2S. The molecule has 2 amide bonds. The van der Waals surface area contributed by atoms with E-state index in [0.717, 1.165) is 5.69 Å². The number of anilines is 1. The fourth-order valence-corrected chi connectivity index (χ4v) is 2.65. The van der Waals surface area contributed by atoms with Gasteiger partial charge in [0.05, 0.1) is 17.8 Å². The number of benzene rings is 1. The van der Waals surface area contributed by atoms with Crippen molar-refractivity contribution < 1.29 is 9.59 Å². The summed E-state index contributed by atoms with van der Waals surface area (Å²) in [6.45, 7) is 1.75. The van der Waals surface area contributed by atoms with Crippen LogP contribution in [0.1, 0.15) is 16.1 Å². The van der Waals surface area contributed by atoms with Crippen molar-refractivity contribution in [3.63, 3.8) is 0 Å². The zero-order valence-electron chi connectivity index (χ0n) is 10.6. The van der Waals surface area contributed by atoms with E-state index in [1.54, 1.807) is 18.2 Å². The molecule has 0 radical (unpaired) electrons. The van der Waals surface area contributed by atoms with E-state index in [9.17, 15) is 9.59 Å². The highest BCUT2D eigenvalue weighted by molar-refractivity contribution is 9.10. The summed E-state index contributed by atoms with van der Waals surface area (Å²) in [7, 11) is 0. The summed E-state index contributed by atoms with van der Waals surface area (Å²) in [6.07, 6.45) is 0. The van der Waals surface area contributed by atoms with Gasteiger partial charge in [0.2, 0.25) is 5.91 Å². The largest absolute Gasteiger partial charge is 0.343 e. The topological polar surface area (TPSA) is 71.1 Å². The van der Waals surface area contributed by atoms with Crippen LogP contribution < -0.4 is 10.6 Å². The highest BCUT2D eigenvalue weighted by atomic mass is 79.9. The Kier molecular flexibility index (Phi) is 4.86. The number of nitrogens with one attached hydrogen (secondary N) is 2. The summed E-state index contributed by atoms with van der Waals surface area (Å²) < 4.78 is 0.688. The standard InChI is InChI=1S/C13H12BrN3O2S/c1-8-7-20-13(16-8)17-11(18)6-15-12(19)9-4-2-3-5-10(9)14/h2-5,7H,6H2,1H3,(H,15,19)(H,16,17,18). The molecule has 104 valence electrons. The van der Waals surface area contributed by atoms with Crippen LogP contribution in [0.15, 0.2) is 34.1 Å². The maximum atomic E-state index is 11.9. The summed E-state index contributed by atoms with van der Waals surface area (Å²) in [4.78, 5) is 27.7. The van der Waals surface area contributed by atoms with Gasteiger partial charge in [0.15, 0.2) is 5.13 Å². The molecule has 0 bridgehead atoms. The summed E-state index contributed by atoms with van der Waals surface area (Å²) in [5, 5.41) is 7.56. The first-order valence-corrected chi connectivity index (χ1v) is 7.48. The number of thiazole rings is 1. The molecule has 0 atom stereocenters. The SMILES string of the molecule is Cc1csc(NC(=O)CNC(=O)c2ccccc2Br)n1. The molecule has 0 spiro atoms.